The predicted molar refractivity (Wildman–Crippen MR) is 69.1 cm³/mol. The van der Waals surface area contributed by atoms with Crippen LogP contribution >= 0.6 is 0 Å². The number of hydrogen-bond donors (Lipinski definition) is 3. The maximum atomic E-state index is 11.8. The molecule has 1 aromatic heterocycles. The smallest absolute Gasteiger partial charge is 0.328 e. The van der Waals surface area contributed by atoms with Crippen molar-refractivity contribution in [1.29, 1.82) is 0 Å². The quantitative estimate of drug-likeness (QED) is 0.677. The largest absolute Gasteiger partial charge is 0.480 e. The zero-order valence-electron chi connectivity index (χ0n) is 11.0. The Balaban J connectivity index is 2.80. The highest BCUT2D eigenvalue weighted by atomic mass is 16.4. The Kier molecular flexibility index (Phi) is 4.82. The van der Waals surface area contributed by atoms with Gasteiger partial charge in [-0.25, -0.2) is 9.78 Å². The van der Waals surface area contributed by atoms with Gasteiger partial charge in [-0.3, -0.25) is 4.79 Å². The predicted octanol–water partition coefficient (Wildman–Crippen LogP) is -0.289. The van der Waals surface area contributed by atoms with E-state index >= 15 is 0 Å². The lowest BCUT2D eigenvalue weighted by Crippen LogP contribution is -2.47. The number of hydrogen-bond acceptors (Lipinski definition) is 5. The van der Waals surface area contributed by atoms with Gasteiger partial charge in [-0.05, 0) is 19.1 Å². The summed E-state index contributed by atoms with van der Waals surface area (Å²) in [5.74, 6) is -1.20. The summed E-state index contributed by atoms with van der Waals surface area (Å²) in [6.45, 7) is 1.30. The van der Waals surface area contributed by atoms with E-state index in [0.717, 1.165) is 0 Å². The Morgan fingerprint density at radius 1 is 1.37 bits per heavy atom. The molecule has 0 saturated carbocycles. The number of carboxylic acids is 1. The van der Waals surface area contributed by atoms with E-state index in [-0.39, 0.29) is 5.56 Å². The molecule has 19 heavy (non-hydrogen) atoms. The van der Waals surface area contributed by atoms with Gasteiger partial charge < -0.3 is 20.4 Å². The molecule has 2 unspecified atom stereocenters. The minimum absolute atomic E-state index is 0.234. The van der Waals surface area contributed by atoms with Crippen LogP contribution in [-0.4, -0.2) is 53.3 Å². The van der Waals surface area contributed by atoms with E-state index in [2.05, 4.69) is 10.3 Å². The maximum absolute atomic E-state index is 11.8. The van der Waals surface area contributed by atoms with Gasteiger partial charge in [0.2, 0.25) is 0 Å². The summed E-state index contributed by atoms with van der Waals surface area (Å²) < 4.78 is 0. The summed E-state index contributed by atoms with van der Waals surface area (Å²) in [5.41, 5.74) is 0.234. The third-order valence-corrected chi connectivity index (χ3v) is 2.50. The normalized spacial score (nSPS) is 13.5. The van der Waals surface area contributed by atoms with Crippen molar-refractivity contribution < 1.29 is 19.8 Å². The van der Waals surface area contributed by atoms with Crippen LogP contribution in [0.25, 0.3) is 0 Å². The van der Waals surface area contributed by atoms with Crippen molar-refractivity contribution in [3.05, 3.63) is 23.9 Å². The highest BCUT2D eigenvalue weighted by molar-refractivity contribution is 5.96. The summed E-state index contributed by atoms with van der Waals surface area (Å²) in [6, 6.07) is 1.84. The van der Waals surface area contributed by atoms with Crippen molar-refractivity contribution in [2.24, 2.45) is 0 Å². The van der Waals surface area contributed by atoms with Crippen LogP contribution in [0.5, 0.6) is 0 Å². The third kappa shape index (κ3) is 3.92. The zero-order chi connectivity index (χ0) is 14.6. The molecule has 3 N–H and O–H groups in total. The number of aliphatic carboxylic acids is 1. The molecule has 1 aromatic rings. The first kappa shape index (κ1) is 14.9. The molecule has 0 aromatic carbocycles. The van der Waals surface area contributed by atoms with Crippen LogP contribution in [0, 0.1) is 0 Å². The van der Waals surface area contributed by atoms with Crippen molar-refractivity contribution in [3.63, 3.8) is 0 Å². The van der Waals surface area contributed by atoms with Crippen LogP contribution in [0.2, 0.25) is 0 Å². The number of aliphatic hydroxyl groups is 1. The van der Waals surface area contributed by atoms with E-state index in [1.54, 1.807) is 17.0 Å². The third-order valence-electron chi connectivity index (χ3n) is 2.50. The summed E-state index contributed by atoms with van der Waals surface area (Å²) >= 11 is 0. The molecule has 0 aliphatic rings. The molecule has 2 atom stereocenters. The standard InChI is InChI=1S/C12H17N3O4/c1-7(16)10(12(18)19)14-11(17)8-4-5-9(13-6-8)15(2)3/h4-7,10,16H,1-3H3,(H,14,17)(H,18,19). The second-order valence-corrected chi connectivity index (χ2v) is 4.33. The van der Waals surface area contributed by atoms with E-state index < -0.39 is 24.0 Å². The molecule has 1 amide bonds. The van der Waals surface area contributed by atoms with E-state index in [1.807, 2.05) is 14.1 Å². The van der Waals surface area contributed by atoms with Crippen molar-refractivity contribution >= 4 is 17.7 Å². The second kappa shape index (κ2) is 6.14. The molecule has 7 heteroatoms. The van der Waals surface area contributed by atoms with Gasteiger partial charge in [0, 0.05) is 20.3 Å². The molecular formula is C12H17N3O4. The molecule has 0 aliphatic carbocycles. The summed E-state index contributed by atoms with van der Waals surface area (Å²) in [6.07, 6.45) is 0.168. The minimum Gasteiger partial charge on any atom is -0.480 e. The van der Waals surface area contributed by atoms with Crippen molar-refractivity contribution in [2.75, 3.05) is 19.0 Å². The Morgan fingerprint density at radius 2 is 2.00 bits per heavy atom. The highest BCUT2D eigenvalue weighted by Gasteiger charge is 2.25. The van der Waals surface area contributed by atoms with Gasteiger partial charge in [0.15, 0.2) is 6.04 Å². The molecule has 1 heterocycles. The number of nitrogens with one attached hydrogen (secondary N) is 1. The molecule has 0 fully saturated rings. The lowest BCUT2D eigenvalue weighted by Gasteiger charge is -2.17. The number of aliphatic hydroxyl groups excluding tert-OH is 1. The summed E-state index contributed by atoms with van der Waals surface area (Å²) in [5, 5.41) is 20.4. The lowest BCUT2D eigenvalue weighted by atomic mass is 10.1. The molecular weight excluding hydrogens is 250 g/mol. The number of pyridine rings is 1. The van der Waals surface area contributed by atoms with Gasteiger partial charge >= 0.3 is 5.97 Å². The molecule has 0 aliphatic heterocycles. The first-order valence-electron chi connectivity index (χ1n) is 5.68. The fourth-order valence-electron chi connectivity index (χ4n) is 1.40. The molecule has 7 nitrogen and oxygen atoms in total. The number of carboxylic acid groups (broad SMARTS) is 1. The van der Waals surface area contributed by atoms with Crippen LogP contribution in [-0.2, 0) is 4.79 Å². The molecule has 0 saturated heterocycles. The van der Waals surface area contributed by atoms with E-state index in [1.165, 1.54) is 13.1 Å². The van der Waals surface area contributed by atoms with Gasteiger partial charge in [-0.2, -0.15) is 0 Å². The lowest BCUT2D eigenvalue weighted by molar-refractivity contribution is -0.141. The number of rotatable bonds is 5. The van der Waals surface area contributed by atoms with Gasteiger partial charge in [0.05, 0.1) is 11.7 Å². The zero-order valence-corrected chi connectivity index (χ0v) is 11.0. The van der Waals surface area contributed by atoms with Gasteiger partial charge in [-0.15, -0.1) is 0 Å². The van der Waals surface area contributed by atoms with Gasteiger partial charge in [-0.1, -0.05) is 0 Å². The fraction of sp³-hybridized carbons (Fsp3) is 0.417. The van der Waals surface area contributed by atoms with Crippen LogP contribution in [0.4, 0.5) is 5.82 Å². The summed E-state index contributed by atoms with van der Waals surface area (Å²) in [4.78, 5) is 28.5. The topological polar surface area (TPSA) is 103 Å². The maximum Gasteiger partial charge on any atom is 0.328 e. The molecule has 1 rings (SSSR count). The van der Waals surface area contributed by atoms with Crippen LogP contribution < -0.4 is 10.2 Å². The average molecular weight is 267 g/mol. The Bertz CT molecular complexity index is 457. The van der Waals surface area contributed by atoms with Crippen LogP contribution in [0.15, 0.2) is 18.3 Å². The number of anilines is 1. The van der Waals surface area contributed by atoms with Gasteiger partial charge in [0.1, 0.15) is 5.82 Å². The Labute approximate surface area is 110 Å². The monoisotopic (exact) mass is 267 g/mol. The Hall–Kier alpha value is -2.15. The number of carbonyl (C=O) groups is 2. The molecule has 0 spiro atoms. The van der Waals surface area contributed by atoms with Gasteiger partial charge in [0.25, 0.3) is 5.91 Å². The molecule has 0 bridgehead atoms. The number of nitrogens with zero attached hydrogens (tertiary/aromatic N) is 2. The van der Waals surface area contributed by atoms with Crippen molar-refractivity contribution in [1.82, 2.24) is 10.3 Å². The molecule has 104 valence electrons. The van der Waals surface area contributed by atoms with Crippen molar-refractivity contribution in [2.45, 2.75) is 19.1 Å². The van der Waals surface area contributed by atoms with Crippen LogP contribution in [0.3, 0.4) is 0 Å². The number of aromatic nitrogens is 1. The average Bonchev–Trinajstić information content (AvgIpc) is 2.34. The van der Waals surface area contributed by atoms with E-state index in [4.69, 9.17) is 5.11 Å². The summed E-state index contributed by atoms with van der Waals surface area (Å²) in [7, 11) is 3.63. The highest BCUT2D eigenvalue weighted by Crippen LogP contribution is 2.08. The van der Waals surface area contributed by atoms with Crippen molar-refractivity contribution in [3.8, 4) is 0 Å². The Morgan fingerprint density at radius 3 is 2.37 bits per heavy atom. The number of amides is 1. The first-order valence-corrected chi connectivity index (χ1v) is 5.68. The van der Waals surface area contributed by atoms with Crippen LogP contribution in [0.1, 0.15) is 17.3 Å². The minimum atomic E-state index is -1.35. The first-order chi connectivity index (χ1) is 8.82. The van der Waals surface area contributed by atoms with E-state index in [9.17, 15) is 14.7 Å². The molecule has 0 radical (unpaired) electrons. The van der Waals surface area contributed by atoms with E-state index in [0.29, 0.717) is 5.82 Å². The fourth-order valence-corrected chi connectivity index (χ4v) is 1.40. The second-order valence-electron chi connectivity index (χ2n) is 4.33. The number of carbonyl (C=O) groups excluding carboxylic acids is 1. The SMILES string of the molecule is CC(O)C(NC(=O)c1ccc(N(C)C)nc1)C(=O)O.